The highest BCUT2D eigenvalue weighted by molar-refractivity contribution is 5.72. The van der Waals surface area contributed by atoms with E-state index in [4.69, 9.17) is 0 Å². The molecule has 0 saturated carbocycles. The fraction of sp³-hybridized carbons (Fsp3) is 0.409. The molecule has 1 N–H and O–H groups in total. The van der Waals surface area contributed by atoms with Crippen molar-refractivity contribution in [2.24, 2.45) is 5.92 Å². The van der Waals surface area contributed by atoms with Crippen molar-refractivity contribution < 1.29 is 9.90 Å². The summed E-state index contributed by atoms with van der Waals surface area (Å²) in [6, 6.07) is 18.8. The second kappa shape index (κ2) is 7.01. The van der Waals surface area contributed by atoms with Crippen molar-refractivity contribution in [3.63, 3.8) is 0 Å². The number of nitrogens with zero attached hydrogens (tertiary/aromatic N) is 1. The van der Waals surface area contributed by atoms with E-state index in [1.165, 1.54) is 11.1 Å². The lowest BCUT2D eigenvalue weighted by Gasteiger charge is -2.21. The molecule has 3 rings (SSSR count). The molecule has 3 nitrogen and oxygen atoms in total. The Balaban J connectivity index is 1.78. The van der Waals surface area contributed by atoms with Gasteiger partial charge in [-0.1, -0.05) is 75.4 Å². The zero-order valence-corrected chi connectivity index (χ0v) is 15.3. The highest BCUT2D eigenvalue weighted by Crippen LogP contribution is 2.35. The number of carbonyl (C=O) groups is 1. The zero-order chi connectivity index (χ0) is 18.0. The molecule has 3 heteroatoms. The summed E-state index contributed by atoms with van der Waals surface area (Å²) >= 11 is 0. The highest BCUT2D eigenvalue weighted by atomic mass is 16.4. The fourth-order valence-electron chi connectivity index (χ4n) is 3.67. The molecule has 1 aliphatic heterocycles. The molecule has 0 unspecified atom stereocenters. The average Bonchev–Trinajstić information content (AvgIpc) is 2.99. The minimum atomic E-state index is -0.694. The summed E-state index contributed by atoms with van der Waals surface area (Å²) in [5.41, 5.74) is 3.76. The van der Waals surface area contributed by atoms with Crippen molar-refractivity contribution in [3.8, 4) is 0 Å². The van der Waals surface area contributed by atoms with Gasteiger partial charge in [-0.15, -0.1) is 0 Å². The van der Waals surface area contributed by atoms with Gasteiger partial charge < -0.3 is 5.11 Å². The first-order valence-electron chi connectivity index (χ1n) is 8.94. The molecule has 0 aliphatic carbocycles. The van der Waals surface area contributed by atoms with Crippen LogP contribution in [0.25, 0.3) is 0 Å². The van der Waals surface area contributed by atoms with Crippen molar-refractivity contribution in [1.29, 1.82) is 0 Å². The van der Waals surface area contributed by atoms with Crippen molar-refractivity contribution in [3.05, 3.63) is 71.3 Å². The summed E-state index contributed by atoms with van der Waals surface area (Å²) in [5.74, 6) is -0.986. The van der Waals surface area contributed by atoms with Gasteiger partial charge in [0.1, 0.15) is 0 Å². The van der Waals surface area contributed by atoms with Crippen LogP contribution in [0.1, 0.15) is 43.4 Å². The third-order valence-corrected chi connectivity index (χ3v) is 5.17. The van der Waals surface area contributed by atoms with E-state index in [9.17, 15) is 9.90 Å². The van der Waals surface area contributed by atoms with Crippen LogP contribution in [0.3, 0.4) is 0 Å². The molecule has 25 heavy (non-hydrogen) atoms. The summed E-state index contributed by atoms with van der Waals surface area (Å²) in [7, 11) is 0. The number of rotatable bonds is 4. The van der Waals surface area contributed by atoms with Crippen LogP contribution in [0.2, 0.25) is 0 Å². The predicted molar refractivity (Wildman–Crippen MR) is 101 cm³/mol. The number of carboxylic acids is 1. The van der Waals surface area contributed by atoms with Crippen LogP contribution in [0, 0.1) is 5.92 Å². The number of benzene rings is 2. The first kappa shape index (κ1) is 17.7. The Hall–Kier alpha value is -2.13. The van der Waals surface area contributed by atoms with Crippen LogP contribution in [-0.4, -0.2) is 29.1 Å². The van der Waals surface area contributed by atoms with Crippen molar-refractivity contribution >= 4 is 5.97 Å². The monoisotopic (exact) mass is 337 g/mol. The topological polar surface area (TPSA) is 40.5 Å². The summed E-state index contributed by atoms with van der Waals surface area (Å²) < 4.78 is 0. The lowest BCUT2D eigenvalue weighted by molar-refractivity contribution is -0.141. The van der Waals surface area contributed by atoms with Crippen molar-refractivity contribution in [1.82, 2.24) is 4.90 Å². The van der Waals surface area contributed by atoms with E-state index in [0.29, 0.717) is 6.54 Å². The molecule has 1 heterocycles. The Kier molecular flexibility index (Phi) is 4.96. The van der Waals surface area contributed by atoms with Gasteiger partial charge in [-0.3, -0.25) is 9.69 Å². The van der Waals surface area contributed by atoms with Gasteiger partial charge in [0.05, 0.1) is 5.92 Å². The molecule has 0 bridgehead atoms. The van der Waals surface area contributed by atoms with Crippen LogP contribution >= 0.6 is 0 Å². The Morgan fingerprint density at radius 3 is 2.24 bits per heavy atom. The van der Waals surface area contributed by atoms with Gasteiger partial charge in [0.2, 0.25) is 0 Å². The maximum Gasteiger partial charge on any atom is 0.308 e. The van der Waals surface area contributed by atoms with Gasteiger partial charge in [0.15, 0.2) is 0 Å². The van der Waals surface area contributed by atoms with Crippen molar-refractivity contribution in [2.45, 2.75) is 38.6 Å². The molecule has 0 spiro atoms. The van der Waals surface area contributed by atoms with E-state index in [1.54, 1.807) is 0 Å². The van der Waals surface area contributed by atoms with Gasteiger partial charge in [0.25, 0.3) is 0 Å². The lowest BCUT2D eigenvalue weighted by atomic mass is 9.83. The third-order valence-electron chi connectivity index (χ3n) is 5.17. The van der Waals surface area contributed by atoms with Crippen LogP contribution in [0.4, 0.5) is 0 Å². The Morgan fingerprint density at radius 2 is 1.68 bits per heavy atom. The van der Waals surface area contributed by atoms with Crippen LogP contribution in [-0.2, 0) is 16.8 Å². The largest absolute Gasteiger partial charge is 0.481 e. The molecule has 2 atom stereocenters. The van der Waals surface area contributed by atoms with E-state index >= 15 is 0 Å². The Morgan fingerprint density at radius 1 is 1.04 bits per heavy atom. The van der Waals surface area contributed by atoms with Crippen molar-refractivity contribution in [2.75, 3.05) is 13.1 Å². The van der Waals surface area contributed by atoms with Crippen LogP contribution in [0.5, 0.6) is 0 Å². The minimum Gasteiger partial charge on any atom is -0.481 e. The minimum absolute atomic E-state index is 0.0511. The summed E-state index contributed by atoms with van der Waals surface area (Å²) in [5, 5.41) is 9.69. The van der Waals surface area contributed by atoms with Crippen LogP contribution in [0.15, 0.2) is 54.6 Å². The average molecular weight is 337 g/mol. The first-order chi connectivity index (χ1) is 11.8. The molecule has 132 valence electrons. The number of aliphatic carboxylic acids is 1. The molecule has 0 radical (unpaired) electrons. The number of likely N-dealkylation sites (tertiary alicyclic amines) is 1. The van der Waals surface area contributed by atoms with E-state index in [-0.39, 0.29) is 17.3 Å². The Bertz CT molecular complexity index is 716. The van der Waals surface area contributed by atoms with E-state index in [2.05, 4.69) is 62.1 Å². The van der Waals surface area contributed by atoms with Crippen LogP contribution < -0.4 is 0 Å². The van der Waals surface area contributed by atoms with Gasteiger partial charge in [0, 0.05) is 25.6 Å². The molecule has 2 aromatic carbocycles. The SMILES string of the molecule is CC(C)(C)c1ccc([C@H]2CN(Cc3ccccc3)C[C@@H]2C(=O)O)cc1. The van der Waals surface area contributed by atoms with E-state index in [0.717, 1.165) is 18.7 Å². The number of hydrogen-bond donors (Lipinski definition) is 1. The quantitative estimate of drug-likeness (QED) is 0.905. The molecule has 1 fully saturated rings. The smallest absolute Gasteiger partial charge is 0.308 e. The van der Waals surface area contributed by atoms with Gasteiger partial charge in [-0.25, -0.2) is 0 Å². The fourth-order valence-corrected chi connectivity index (χ4v) is 3.67. The lowest BCUT2D eigenvalue weighted by Crippen LogP contribution is -2.23. The molecule has 1 aliphatic rings. The van der Waals surface area contributed by atoms with Gasteiger partial charge in [-0.2, -0.15) is 0 Å². The third kappa shape index (κ3) is 4.10. The molecule has 2 aromatic rings. The maximum absolute atomic E-state index is 11.8. The summed E-state index contributed by atoms with van der Waals surface area (Å²) in [6.07, 6.45) is 0. The van der Waals surface area contributed by atoms with E-state index in [1.807, 2.05) is 18.2 Å². The standard InChI is InChI=1S/C22H27NO2/c1-22(2,3)18-11-9-17(10-12-18)19-14-23(15-20(19)21(24)25)13-16-7-5-4-6-8-16/h4-12,19-20H,13-15H2,1-3H3,(H,24,25)/t19-,20+/m1/s1. The van der Waals surface area contributed by atoms with Gasteiger partial charge >= 0.3 is 5.97 Å². The normalized spacial score (nSPS) is 21.4. The highest BCUT2D eigenvalue weighted by Gasteiger charge is 2.38. The molecule has 1 saturated heterocycles. The predicted octanol–water partition coefficient (Wildman–Crippen LogP) is 4.28. The maximum atomic E-state index is 11.8. The molecular formula is C22H27NO2. The molecule has 0 aromatic heterocycles. The number of carboxylic acid groups (broad SMARTS) is 1. The summed E-state index contributed by atoms with van der Waals surface area (Å²) in [6.45, 7) is 8.79. The second-order valence-corrected chi connectivity index (χ2v) is 8.10. The number of hydrogen-bond acceptors (Lipinski definition) is 2. The molecular weight excluding hydrogens is 310 g/mol. The zero-order valence-electron chi connectivity index (χ0n) is 15.3. The second-order valence-electron chi connectivity index (χ2n) is 8.10. The van der Waals surface area contributed by atoms with E-state index < -0.39 is 5.97 Å². The first-order valence-corrected chi connectivity index (χ1v) is 8.94. The molecule has 0 amide bonds. The summed E-state index contributed by atoms with van der Waals surface area (Å²) in [4.78, 5) is 14.0. The Labute approximate surface area is 150 Å². The van der Waals surface area contributed by atoms with Gasteiger partial charge in [-0.05, 0) is 22.1 Å².